The molecule has 0 saturated heterocycles. The first kappa shape index (κ1) is 20.4. The Kier molecular flexibility index (Phi) is 6.92. The van der Waals surface area contributed by atoms with Gasteiger partial charge < -0.3 is 10.6 Å². The van der Waals surface area contributed by atoms with E-state index in [9.17, 15) is 27.2 Å². The molecule has 8 heteroatoms. The minimum Gasteiger partial charge on any atom is -0.347 e. The van der Waals surface area contributed by atoms with Crippen molar-refractivity contribution in [2.75, 3.05) is 11.9 Å². The first-order valence-corrected chi connectivity index (χ1v) is 8.18. The highest BCUT2D eigenvalue weighted by molar-refractivity contribution is 5.90. The molecule has 2 amide bonds. The van der Waals surface area contributed by atoms with Crippen molar-refractivity contribution in [3.05, 3.63) is 65.5 Å². The number of benzene rings is 2. The Labute approximate surface area is 153 Å². The van der Waals surface area contributed by atoms with Gasteiger partial charge in [-0.2, -0.15) is 13.2 Å². The Balaban J connectivity index is 1.80. The van der Waals surface area contributed by atoms with Crippen LogP contribution in [0, 0.1) is 5.82 Å². The molecule has 0 bridgehead atoms. The molecule has 2 aromatic carbocycles. The first-order valence-electron chi connectivity index (χ1n) is 8.18. The molecule has 2 aromatic rings. The molecule has 0 aliphatic carbocycles. The number of carbonyl (C=O) groups excluding carboxylic acids is 2. The summed E-state index contributed by atoms with van der Waals surface area (Å²) in [7, 11) is 0. The highest BCUT2D eigenvalue weighted by Gasteiger charge is 2.27. The van der Waals surface area contributed by atoms with Gasteiger partial charge >= 0.3 is 6.18 Å². The van der Waals surface area contributed by atoms with E-state index < -0.39 is 18.6 Å². The Morgan fingerprint density at radius 2 is 1.59 bits per heavy atom. The monoisotopic (exact) mass is 382 g/mol. The Bertz CT molecular complexity index is 789. The highest BCUT2D eigenvalue weighted by atomic mass is 19.4. The van der Waals surface area contributed by atoms with Crippen LogP contribution in [0.5, 0.6) is 0 Å². The first-order chi connectivity index (χ1) is 12.7. The lowest BCUT2D eigenvalue weighted by molar-refractivity contribution is -0.138. The number of halogens is 4. The summed E-state index contributed by atoms with van der Waals surface area (Å²) in [6.45, 7) is -1.37. The van der Waals surface area contributed by atoms with Gasteiger partial charge in [0.2, 0.25) is 11.8 Å². The molecule has 0 spiro atoms. The van der Waals surface area contributed by atoms with Gasteiger partial charge in [-0.05, 0) is 35.7 Å². The van der Waals surface area contributed by atoms with Gasteiger partial charge in [0, 0.05) is 12.1 Å². The van der Waals surface area contributed by atoms with Crippen LogP contribution in [0.1, 0.15) is 17.5 Å². The van der Waals surface area contributed by atoms with Crippen LogP contribution in [0.25, 0.3) is 0 Å². The standard InChI is InChI=1S/C19H18F4N2O2/c20-16-4-2-1-3-14(16)7-10-17(26)25-15-8-5-13(6-9-15)11-18(27)24-12-19(21,22)23/h1-6,8-9H,7,10-12H2,(H,24,27)(H,25,26). The predicted molar refractivity (Wildman–Crippen MR) is 92.6 cm³/mol. The van der Waals surface area contributed by atoms with Gasteiger partial charge in [-0.3, -0.25) is 9.59 Å². The number of carbonyl (C=O) groups is 2. The van der Waals surface area contributed by atoms with Crippen LogP contribution < -0.4 is 10.6 Å². The number of hydrogen-bond donors (Lipinski definition) is 2. The fourth-order valence-electron chi connectivity index (χ4n) is 2.33. The second-order valence-electron chi connectivity index (χ2n) is 5.91. The topological polar surface area (TPSA) is 58.2 Å². The van der Waals surface area contributed by atoms with E-state index in [1.807, 2.05) is 0 Å². The molecule has 144 valence electrons. The van der Waals surface area contributed by atoms with E-state index in [0.717, 1.165) is 0 Å². The zero-order valence-electron chi connectivity index (χ0n) is 14.3. The van der Waals surface area contributed by atoms with E-state index in [1.165, 1.54) is 6.07 Å². The normalized spacial score (nSPS) is 11.1. The van der Waals surface area contributed by atoms with Gasteiger partial charge in [0.05, 0.1) is 6.42 Å². The molecule has 0 atom stereocenters. The quantitative estimate of drug-likeness (QED) is 0.719. The van der Waals surface area contributed by atoms with Crippen molar-refractivity contribution in [2.24, 2.45) is 0 Å². The summed E-state index contributed by atoms with van der Waals surface area (Å²) >= 11 is 0. The van der Waals surface area contributed by atoms with E-state index in [4.69, 9.17) is 0 Å². The summed E-state index contributed by atoms with van der Waals surface area (Å²) in [6, 6.07) is 12.4. The third-order valence-corrected chi connectivity index (χ3v) is 3.67. The van der Waals surface area contributed by atoms with Gasteiger partial charge in [0.15, 0.2) is 0 Å². The van der Waals surface area contributed by atoms with Gasteiger partial charge in [-0.1, -0.05) is 30.3 Å². The Hall–Kier alpha value is -2.90. The van der Waals surface area contributed by atoms with Crippen LogP contribution in [0.15, 0.2) is 48.5 Å². The third-order valence-electron chi connectivity index (χ3n) is 3.67. The minimum atomic E-state index is -4.45. The molecule has 0 aliphatic rings. The average Bonchev–Trinajstić information content (AvgIpc) is 2.60. The van der Waals surface area contributed by atoms with Crippen molar-refractivity contribution in [2.45, 2.75) is 25.4 Å². The molecule has 27 heavy (non-hydrogen) atoms. The summed E-state index contributed by atoms with van der Waals surface area (Å²) in [5, 5.41) is 4.44. The molecule has 0 fully saturated rings. The highest BCUT2D eigenvalue weighted by Crippen LogP contribution is 2.14. The summed E-state index contributed by atoms with van der Waals surface area (Å²) in [5.41, 5.74) is 1.44. The van der Waals surface area contributed by atoms with Gasteiger partial charge in [-0.15, -0.1) is 0 Å². The Morgan fingerprint density at radius 1 is 0.926 bits per heavy atom. The predicted octanol–water partition coefficient (Wildman–Crippen LogP) is 3.62. The maximum atomic E-state index is 13.5. The van der Waals surface area contributed by atoms with E-state index in [2.05, 4.69) is 5.32 Å². The maximum absolute atomic E-state index is 13.5. The molecule has 0 unspecified atom stereocenters. The van der Waals surface area contributed by atoms with Gasteiger partial charge in [-0.25, -0.2) is 4.39 Å². The second kappa shape index (κ2) is 9.16. The smallest absolute Gasteiger partial charge is 0.347 e. The molecular formula is C19H18F4N2O2. The summed E-state index contributed by atoms with van der Waals surface area (Å²) in [5.74, 6) is -1.40. The number of amides is 2. The molecule has 0 saturated carbocycles. The van der Waals surface area contributed by atoms with E-state index >= 15 is 0 Å². The van der Waals surface area contributed by atoms with Crippen LogP contribution in [-0.2, 0) is 22.4 Å². The molecule has 0 radical (unpaired) electrons. The molecule has 0 aromatic heterocycles. The number of rotatable bonds is 7. The molecule has 4 nitrogen and oxygen atoms in total. The van der Waals surface area contributed by atoms with Gasteiger partial charge in [0.25, 0.3) is 0 Å². The van der Waals surface area contributed by atoms with Crippen molar-refractivity contribution in [3.63, 3.8) is 0 Å². The van der Waals surface area contributed by atoms with Crippen molar-refractivity contribution >= 4 is 17.5 Å². The molecule has 2 N–H and O–H groups in total. The fourth-order valence-corrected chi connectivity index (χ4v) is 2.33. The van der Waals surface area contributed by atoms with Crippen LogP contribution in [0.4, 0.5) is 23.2 Å². The molecular weight excluding hydrogens is 364 g/mol. The SMILES string of the molecule is O=C(Cc1ccc(NC(=O)CCc2ccccc2F)cc1)NCC(F)(F)F. The molecule has 0 aliphatic heterocycles. The lowest BCUT2D eigenvalue weighted by Crippen LogP contribution is -2.34. The number of anilines is 1. The van der Waals surface area contributed by atoms with Crippen LogP contribution in [-0.4, -0.2) is 24.5 Å². The summed E-state index contributed by atoms with van der Waals surface area (Å²) in [4.78, 5) is 23.4. The van der Waals surface area contributed by atoms with Crippen molar-refractivity contribution in [1.82, 2.24) is 5.32 Å². The zero-order valence-corrected chi connectivity index (χ0v) is 14.3. The number of nitrogens with one attached hydrogen (secondary N) is 2. The lowest BCUT2D eigenvalue weighted by atomic mass is 10.1. The lowest BCUT2D eigenvalue weighted by Gasteiger charge is -2.09. The third kappa shape index (κ3) is 7.47. The summed E-state index contributed by atoms with van der Waals surface area (Å²) in [6.07, 6.45) is -4.29. The molecule has 0 heterocycles. The summed E-state index contributed by atoms with van der Waals surface area (Å²) < 4.78 is 49.6. The van der Waals surface area contributed by atoms with Crippen molar-refractivity contribution < 1.29 is 27.2 Å². The average molecular weight is 382 g/mol. The van der Waals surface area contributed by atoms with Crippen LogP contribution >= 0.6 is 0 Å². The minimum absolute atomic E-state index is 0.0997. The van der Waals surface area contributed by atoms with Gasteiger partial charge in [0.1, 0.15) is 12.4 Å². The van der Waals surface area contributed by atoms with Crippen LogP contribution in [0.3, 0.4) is 0 Å². The maximum Gasteiger partial charge on any atom is 0.405 e. The van der Waals surface area contributed by atoms with E-state index in [1.54, 1.807) is 47.8 Å². The number of alkyl halides is 3. The Morgan fingerprint density at radius 3 is 2.22 bits per heavy atom. The molecule has 2 rings (SSSR count). The zero-order chi connectivity index (χ0) is 19.9. The van der Waals surface area contributed by atoms with Crippen LogP contribution in [0.2, 0.25) is 0 Å². The second-order valence-corrected chi connectivity index (χ2v) is 5.91. The van der Waals surface area contributed by atoms with Crippen molar-refractivity contribution in [3.8, 4) is 0 Å². The number of aryl methyl sites for hydroxylation is 1. The van der Waals surface area contributed by atoms with Crippen molar-refractivity contribution in [1.29, 1.82) is 0 Å². The fraction of sp³-hybridized carbons (Fsp3) is 0.263. The van der Waals surface area contributed by atoms with E-state index in [0.29, 0.717) is 16.8 Å². The van der Waals surface area contributed by atoms with E-state index in [-0.39, 0.29) is 31.0 Å². The number of hydrogen-bond acceptors (Lipinski definition) is 2. The largest absolute Gasteiger partial charge is 0.405 e.